The number of nitrogens with one attached hydrogen (secondary N) is 2. The molecule has 3 aromatic rings. The van der Waals surface area contributed by atoms with Crippen LogP contribution in [0.4, 0.5) is 0 Å². The van der Waals surface area contributed by atoms with E-state index in [9.17, 15) is 4.79 Å². The van der Waals surface area contributed by atoms with E-state index >= 15 is 0 Å². The van der Waals surface area contributed by atoms with Crippen LogP contribution in [-0.2, 0) is 6.54 Å². The number of hydrogen-bond acceptors (Lipinski definition) is 4. The first-order chi connectivity index (χ1) is 12.7. The summed E-state index contributed by atoms with van der Waals surface area (Å²) in [7, 11) is 1.70. The number of H-pyrrole nitrogens is 1. The summed E-state index contributed by atoms with van der Waals surface area (Å²) < 4.78 is 6.01. The van der Waals surface area contributed by atoms with Crippen LogP contribution in [0.25, 0.3) is 10.2 Å². The van der Waals surface area contributed by atoms with Gasteiger partial charge in [-0.15, -0.1) is 11.3 Å². The van der Waals surface area contributed by atoms with E-state index < -0.39 is 0 Å². The van der Waals surface area contributed by atoms with Gasteiger partial charge in [-0.3, -0.25) is 4.79 Å². The molecule has 0 amide bonds. The predicted octanol–water partition coefficient (Wildman–Crippen LogP) is 2.69. The van der Waals surface area contributed by atoms with Crippen LogP contribution in [-0.4, -0.2) is 23.6 Å². The van der Waals surface area contributed by atoms with Gasteiger partial charge in [0.15, 0.2) is 5.82 Å². The van der Waals surface area contributed by atoms with Crippen molar-refractivity contribution in [2.75, 3.05) is 13.7 Å². The number of ether oxygens (including phenoxy) is 1. The van der Waals surface area contributed by atoms with Crippen molar-refractivity contribution >= 4 is 21.6 Å². The standard InChI is InChI=1S/C20H23N3O2S/c1-25-15-8-6-14(7-9-15)17-5-3-2-4-11-23(17)13-18-21-16-10-12-26-19(16)20(24)22-18/h6-10,12,17H,2-5,11,13H2,1H3,(H,21,22,24)/p+1/t17-/m1/s1. The number of fused-ring (bicyclic) bond motifs is 1. The molecule has 1 saturated heterocycles. The first-order valence-corrected chi connectivity index (χ1v) is 10.1. The van der Waals surface area contributed by atoms with Crippen molar-refractivity contribution < 1.29 is 9.64 Å². The summed E-state index contributed by atoms with van der Waals surface area (Å²) in [6.45, 7) is 1.85. The molecule has 2 N–H and O–H groups in total. The Bertz CT molecular complexity index is 932. The van der Waals surface area contributed by atoms with E-state index in [0.717, 1.165) is 36.6 Å². The van der Waals surface area contributed by atoms with E-state index in [1.807, 2.05) is 23.6 Å². The number of quaternary nitrogens is 1. The lowest BCUT2D eigenvalue weighted by atomic mass is 10.0. The zero-order valence-corrected chi connectivity index (χ0v) is 15.8. The Hall–Kier alpha value is -2.18. The van der Waals surface area contributed by atoms with Gasteiger partial charge < -0.3 is 14.6 Å². The topological polar surface area (TPSA) is 59.4 Å². The fourth-order valence-electron chi connectivity index (χ4n) is 3.93. The second-order valence-electron chi connectivity index (χ2n) is 6.91. The Kier molecular flexibility index (Phi) is 5.04. The number of aromatic amines is 1. The molecule has 1 aromatic carbocycles. The minimum absolute atomic E-state index is 0.0183. The van der Waals surface area contributed by atoms with E-state index in [1.54, 1.807) is 7.11 Å². The SMILES string of the molecule is COc1ccc([C@H]2CCCCC[NH+]2Cc2nc3ccsc3c(=O)[nH]2)cc1. The highest BCUT2D eigenvalue weighted by Crippen LogP contribution is 2.22. The van der Waals surface area contributed by atoms with Gasteiger partial charge in [-0.05, 0) is 55.0 Å². The van der Waals surface area contributed by atoms with Gasteiger partial charge in [0, 0.05) is 12.0 Å². The average Bonchev–Trinajstić information content (AvgIpc) is 3.02. The first-order valence-electron chi connectivity index (χ1n) is 9.19. The smallest absolute Gasteiger partial charge is 0.269 e. The normalized spacial score (nSPS) is 20.8. The Balaban J connectivity index is 1.62. The van der Waals surface area contributed by atoms with Crippen LogP contribution in [0.2, 0.25) is 0 Å². The number of benzene rings is 1. The van der Waals surface area contributed by atoms with Gasteiger partial charge >= 0.3 is 0 Å². The van der Waals surface area contributed by atoms with Gasteiger partial charge in [0.25, 0.3) is 5.56 Å². The number of methoxy groups -OCH3 is 1. The van der Waals surface area contributed by atoms with Crippen molar-refractivity contribution in [2.24, 2.45) is 0 Å². The van der Waals surface area contributed by atoms with E-state index in [4.69, 9.17) is 9.72 Å². The number of hydrogen-bond donors (Lipinski definition) is 2. The van der Waals surface area contributed by atoms with E-state index in [-0.39, 0.29) is 5.56 Å². The first kappa shape index (κ1) is 17.2. The molecule has 0 spiro atoms. The van der Waals surface area contributed by atoms with Crippen LogP contribution in [0.15, 0.2) is 40.5 Å². The summed E-state index contributed by atoms with van der Waals surface area (Å²) in [4.78, 5) is 21.4. The lowest BCUT2D eigenvalue weighted by molar-refractivity contribution is -0.945. The summed E-state index contributed by atoms with van der Waals surface area (Å²) >= 11 is 1.45. The molecule has 0 radical (unpaired) electrons. The molecule has 0 bridgehead atoms. The third-order valence-corrected chi connectivity index (χ3v) is 6.16. The molecule has 0 aliphatic carbocycles. The van der Waals surface area contributed by atoms with Crippen LogP contribution >= 0.6 is 11.3 Å². The van der Waals surface area contributed by atoms with Crippen molar-refractivity contribution in [3.8, 4) is 5.75 Å². The third-order valence-electron chi connectivity index (χ3n) is 5.26. The Morgan fingerprint density at radius 2 is 2.08 bits per heavy atom. The third kappa shape index (κ3) is 3.52. The monoisotopic (exact) mass is 370 g/mol. The van der Waals surface area contributed by atoms with Gasteiger partial charge in [0.1, 0.15) is 23.0 Å². The minimum Gasteiger partial charge on any atom is -0.497 e. The number of rotatable bonds is 4. The van der Waals surface area contributed by atoms with Gasteiger partial charge in [-0.2, -0.15) is 0 Å². The van der Waals surface area contributed by atoms with Crippen molar-refractivity contribution in [3.05, 3.63) is 57.5 Å². The summed E-state index contributed by atoms with van der Waals surface area (Å²) in [6.07, 6.45) is 4.89. The fourth-order valence-corrected chi connectivity index (χ4v) is 4.65. The van der Waals surface area contributed by atoms with Gasteiger partial charge in [0.05, 0.1) is 19.2 Å². The molecule has 4 rings (SSSR count). The highest BCUT2D eigenvalue weighted by molar-refractivity contribution is 7.17. The van der Waals surface area contributed by atoms with Crippen LogP contribution in [0.1, 0.15) is 43.1 Å². The van der Waals surface area contributed by atoms with Crippen LogP contribution in [0, 0.1) is 0 Å². The molecular formula is C20H24N3O2S+. The fraction of sp³-hybridized carbons (Fsp3) is 0.400. The Labute approximate surface area is 156 Å². The van der Waals surface area contributed by atoms with Gasteiger partial charge in [0.2, 0.25) is 0 Å². The average molecular weight is 370 g/mol. The lowest BCUT2D eigenvalue weighted by Gasteiger charge is -2.27. The molecule has 5 nitrogen and oxygen atoms in total. The second kappa shape index (κ2) is 7.60. The molecular weight excluding hydrogens is 346 g/mol. The summed E-state index contributed by atoms with van der Waals surface area (Å²) in [5.74, 6) is 1.68. The molecule has 2 atom stereocenters. The Morgan fingerprint density at radius 1 is 1.23 bits per heavy atom. The Morgan fingerprint density at radius 3 is 2.88 bits per heavy atom. The molecule has 2 aromatic heterocycles. The molecule has 136 valence electrons. The lowest BCUT2D eigenvalue weighted by Crippen LogP contribution is -3.10. The largest absolute Gasteiger partial charge is 0.497 e. The molecule has 1 unspecified atom stereocenters. The number of thiophene rings is 1. The van der Waals surface area contributed by atoms with Crippen LogP contribution in [0.5, 0.6) is 5.75 Å². The molecule has 0 saturated carbocycles. The molecule has 1 fully saturated rings. The maximum atomic E-state index is 12.3. The zero-order chi connectivity index (χ0) is 17.9. The molecule has 1 aliphatic rings. The highest BCUT2D eigenvalue weighted by Gasteiger charge is 2.27. The van der Waals surface area contributed by atoms with Crippen molar-refractivity contribution in [1.29, 1.82) is 0 Å². The maximum Gasteiger partial charge on any atom is 0.269 e. The quantitative estimate of drug-likeness (QED) is 0.742. The zero-order valence-electron chi connectivity index (χ0n) is 15.0. The molecule has 26 heavy (non-hydrogen) atoms. The maximum absolute atomic E-state index is 12.3. The number of likely N-dealkylation sites (tertiary alicyclic amines) is 1. The summed E-state index contributed by atoms with van der Waals surface area (Å²) in [5.41, 5.74) is 2.13. The molecule has 1 aliphatic heterocycles. The van der Waals surface area contributed by atoms with Crippen LogP contribution in [0.3, 0.4) is 0 Å². The van der Waals surface area contributed by atoms with Crippen LogP contribution < -0.4 is 15.2 Å². The molecule has 6 heteroatoms. The van der Waals surface area contributed by atoms with E-state index in [0.29, 0.717) is 10.7 Å². The highest BCUT2D eigenvalue weighted by atomic mass is 32.1. The minimum atomic E-state index is -0.0183. The van der Waals surface area contributed by atoms with Gasteiger partial charge in [-0.25, -0.2) is 4.98 Å². The second-order valence-corrected chi connectivity index (χ2v) is 7.82. The van der Waals surface area contributed by atoms with Crippen molar-refractivity contribution in [3.63, 3.8) is 0 Å². The van der Waals surface area contributed by atoms with E-state index in [2.05, 4.69) is 17.1 Å². The van der Waals surface area contributed by atoms with E-state index in [1.165, 1.54) is 41.1 Å². The van der Waals surface area contributed by atoms with Crippen molar-refractivity contribution in [2.45, 2.75) is 38.3 Å². The predicted molar refractivity (Wildman–Crippen MR) is 104 cm³/mol. The molecule has 3 heterocycles. The van der Waals surface area contributed by atoms with Crippen molar-refractivity contribution in [1.82, 2.24) is 9.97 Å². The number of nitrogens with zero attached hydrogens (tertiary/aromatic N) is 1. The van der Waals surface area contributed by atoms with Gasteiger partial charge in [-0.1, -0.05) is 0 Å². The summed E-state index contributed by atoms with van der Waals surface area (Å²) in [6, 6.07) is 10.8. The summed E-state index contributed by atoms with van der Waals surface area (Å²) in [5, 5.41) is 1.93. The number of aromatic nitrogens is 2.